The Hall–Kier alpha value is -1.14. The van der Waals surface area contributed by atoms with Crippen LogP contribution in [0.25, 0.3) is 0 Å². The van der Waals surface area contributed by atoms with Crippen molar-refractivity contribution in [3.8, 4) is 0 Å². The summed E-state index contributed by atoms with van der Waals surface area (Å²) in [6.07, 6.45) is 3.71. The lowest BCUT2D eigenvalue weighted by molar-refractivity contribution is -0.146. The summed E-state index contributed by atoms with van der Waals surface area (Å²) in [4.78, 5) is 24.7. The lowest BCUT2D eigenvalue weighted by Gasteiger charge is -2.33. The number of hydrogen-bond acceptors (Lipinski definition) is 5. The first-order chi connectivity index (χ1) is 9.13. The van der Waals surface area contributed by atoms with Crippen LogP contribution < -0.4 is 11.1 Å². The lowest BCUT2D eigenvalue weighted by Crippen LogP contribution is -2.48. The first-order valence-corrected chi connectivity index (χ1v) is 7.02. The van der Waals surface area contributed by atoms with E-state index in [9.17, 15) is 9.59 Å². The molecular formula is C13H25N3O3. The molecule has 6 nitrogen and oxygen atoms in total. The summed E-state index contributed by atoms with van der Waals surface area (Å²) in [5, 5.41) is 3.26. The summed E-state index contributed by atoms with van der Waals surface area (Å²) in [5.74, 6) is -0.673. The van der Waals surface area contributed by atoms with Gasteiger partial charge in [0.25, 0.3) is 0 Å². The molecule has 3 N–H and O–H groups in total. The normalized spacial score (nSPS) is 16.5. The molecule has 0 radical (unpaired) electrons. The number of carbonyl (C=O) groups is 2. The average molecular weight is 271 g/mol. The first-order valence-electron chi connectivity index (χ1n) is 7.02. The molecule has 0 aromatic heterocycles. The third kappa shape index (κ3) is 6.54. The number of piperidine rings is 1. The van der Waals surface area contributed by atoms with Gasteiger partial charge in [-0.15, -0.1) is 0 Å². The molecule has 0 spiro atoms. The number of nitrogens with two attached hydrogens (primary N) is 1. The topological polar surface area (TPSA) is 84.7 Å². The Bertz CT molecular complexity index is 291. The number of nitrogens with one attached hydrogen (secondary N) is 1. The molecule has 0 aromatic rings. The van der Waals surface area contributed by atoms with E-state index in [1.807, 2.05) is 11.8 Å². The van der Waals surface area contributed by atoms with Crippen LogP contribution in [0.15, 0.2) is 0 Å². The number of carbonyl (C=O) groups excluding carboxylic acids is 2. The maximum Gasteiger partial charge on any atom is 0.320 e. The number of primary amides is 1. The molecule has 0 aliphatic carbocycles. The molecule has 0 atom stereocenters. The van der Waals surface area contributed by atoms with E-state index in [0.29, 0.717) is 6.61 Å². The van der Waals surface area contributed by atoms with Gasteiger partial charge in [0.15, 0.2) is 0 Å². The molecule has 1 aliphatic heterocycles. The molecule has 0 unspecified atom stereocenters. The van der Waals surface area contributed by atoms with Crippen molar-refractivity contribution in [3.05, 3.63) is 0 Å². The zero-order chi connectivity index (χ0) is 14.1. The fraction of sp³-hybridized carbons (Fsp3) is 0.846. The van der Waals surface area contributed by atoms with E-state index in [2.05, 4.69) is 5.32 Å². The standard InChI is InChI=1S/C13H25N3O3/c1-2-3-8-19-13(18)10-16(9-12(14)17)11-4-6-15-7-5-11/h11,15H,2-10H2,1H3,(H2,14,17). The third-order valence-corrected chi connectivity index (χ3v) is 3.28. The summed E-state index contributed by atoms with van der Waals surface area (Å²) < 4.78 is 5.14. The van der Waals surface area contributed by atoms with E-state index in [4.69, 9.17) is 10.5 Å². The minimum atomic E-state index is -0.403. The van der Waals surface area contributed by atoms with Crippen LogP contribution in [0.1, 0.15) is 32.6 Å². The van der Waals surface area contributed by atoms with Crippen molar-refractivity contribution < 1.29 is 14.3 Å². The smallest absolute Gasteiger partial charge is 0.320 e. The lowest BCUT2D eigenvalue weighted by atomic mass is 10.0. The highest BCUT2D eigenvalue weighted by atomic mass is 16.5. The molecule has 0 bridgehead atoms. The van der Waals surface area contributed by atoms with E-state index in [0.717, 1.165) is 38.8 Å². The number of esters is 1. The maximum atomic E-state index is 11.7. The molecule has 6 heteroatoms. The van der Waals surface area contributed by atoms with Crippen LogP contribution in [0, 0.1) is 0 Å². The molecule has 0 saturated carbocycles. The Morgan fingerprint density at radius 3 is 2.58 bits per heavy atom. The van der Waals surface area contributed by atoms with Crippen molar-refractivity contribution in [2.75, 3.05) is 32.8 Å². The van der Waals surface area contributed by atoms with E-state index in [1.54, 1.807) is 0 Å². The van der Waals surface area contributed by atoms with Crippen molar-refractivity contribution in [1.29, 1.82) is 0 Å². The number of ether oxygens (including phenoxy) is 1. The molecule has 1 rings (SSSR count). The molecule has 1 amide bonds. The number of unbranched alkanes of at least 4 members (excludes halogenated alkanes) is 1. The van der Waals surface area contributed by atoms with E-state index in [1.165, 1.54) is 0 Å². The number of amides is 1. The van der Waals surface area contributed by atoms with Crippen LogP contribution >= 0.6 is 0 Å². The Morgan fingerprint density at radius 1 is 1.32 bits per heavy atom. The van der Waals surface area contributed by atoms with Gasteiger partial charge >= 0.3 is 5.97 Å². The van der Waals surface area contributed by atoms with Gasteiger partial charge in [-0.2, -0.15) is 0 Å². The van der Waals surface area contributed by atoms with Crippen LogP contribution in [-0.4, -0.2) is 55.6 Å². The van der Waals surface area contributed by atoms with Crippen LogP contribution in [-0.2, 0) is 14.3 Å². The predicted octanol–water partition coefficient (Wildman–Crippen LogP) is -0.131. The van der Waals surface area contributed by atoms with E-state index < -0.39 is 5.91 Å². The fourth-order valence-corrected chi connectivity index (χ4v) is 2.23. The summed E-state index contributed by atoms with van der Waals surface area (Å²) in [6.45, 7) is 4.58. The van der Waals surface area contributed by atoms with Crippen molar-refractivity contribution in [1.82, 2.24) is 10.2 Å². The van der Waals surface area contributed by atoms with Gasteiger partial charge in [-0.3, -0.25) is 14.5 Å². The molecule has 1 aliphatic rings. The quantitative estimate of drug-likeness (QED) is 0.474. The largest absolute Gasteiger partial charge is 0.465 e. The minimum absolute atomic E-state index is 0.119. The van der Waals surface area contributed by atoms with Gasteiger partial charge < -0.3 is 15.8 Å². The summed E-state index contributed by atoms with van der Waals surface area (Å²) >= 11 is 0. The Kier molecular flexibility index (Phi) is 7.43. The van der Waals surface area contributed by atoms with Crippen molar-refractivity contribution in [2.24, 2.45) is 5.73 Å². The monoisotopic (exact) mass is 271 g/mol. The second-order valence-corrected chi connectivity index (χ2v) is 4.93. The molecule has 1 fully saturated rings. The number of nitrogens with zero attached hydrogens (tertiary/aromatic N) is 1. The van der Waals surface area contributed by atoms with Crippen molar-refractivity contribution in [2.45, 2.75) is 38.6 Å². The minimum Gasteiger partial charge on any atom is -0.465 e. The Morgan fingerprint density at radius 2 is 2.00 bits per heavy atom. The zero-order valence-electron chi connectivity index (χ0n) is 11.7. The number of rotatable bonds is 8. The van der Waals surface area contributed by atoms with Crippen LogP contribution in [0.3, 0.4) is 0 Å². The summed E-state index contributed by atoms with van der Waals surface area (Å²) in [7, 11) is 0. The van der Waals surface area contributed by atoms with E-state index in [-0.39, 0.29) is 25.1 Å². The molecule has 1 saturated heterocycles. The van der Waals surface area contributed by atoms with Crippen LogP contribution in [0.5, 0.6) is 0 Å². The summed E-state index contributed by atoms with van der Waals surface area (Å²) in [5.41, 5.74) is 5.25. The molecule has 0 aromatic carbocycles. The molecule has 19 heavy (non-hydrogen) atoms. The van der Waals surface area contributed by atoms with Gasteiger partial charge in [-0.1, -0.05) is 13.3 Å². The van der Waals surface area contributed by atoms with Gasteiger partial charge in [0.05, 0.1) is 19.7 Å². The highest BCUT2D eigenvalue weighted by molar-refractivity contribution is 5.77. The fourth-order valence-electron chi connectivity index (χ4n) is 2.23. The Balaban J connectivity index is 2.43. The average Bonchev–Trinajstić information content (AvgIpc) is 2.39. The maximum absolute atomic E-state index is 11.7. The second-order valence-electron chi connectivity index (χ2n) is 4.93. The molecular weight excluding hydrogens is 246 g/mol. The van der Waals surface area contributed by atoms with Gasteiger partial charge in [-0.05, 0) is 32.4 Å². The van der Waals surface area contributed by atoms with Gasteiger partial charge in [0.1, 0.15) is 0 Å². The highest BCUT2D eigenvalue weighted by Crippen LogP contribution is 2.11. The summed E-state index contributed by atoms with van der Waals surface area (Å²) in [6, 6.07) is 0.229. The van der Waals surface area contributed by atoms with Gasteiger partial charge in [-0.25, -0.2) is 0 Å². The van der Waals surface area contributed by atoms with Gasteiger partial charge in [0.2, 0.25) is 5.91 Å². The van der Waals surface area contributed by atoms with Crippen LogP contribution in [0.2, 0.25) is 0 Å². The SMILES string of the molecule is CCCCOC(=O)CN(CC(N)=O)C1CCNCC1. The zero-order valence-corrected chi connectivity index (χ0v) is 11.7. The van der Waals surface area contributed by atoms with Crippen molar-refractivity contribution in [3.63, 3.8) is 0 Å². The second kappa shape index (κ2) is 8.87. The van der Waals surface area contributed by atoms with Crippen LogP contribution in [0.4, 0.5) is 0 Å². The van der Waals surface area contributed by atoms with E-state index >= 15 is 0 Å². The number of hydrogen-bond donors (Lipinski definition) is 2. The Labute approximate surface area is 114 Å². The van der Waals surface area contributed by atoms with Gasteiger partial charge in [0, 0.05) is 6.04 Å². The van der Waals surface area contributed by atoms with Crippen molar-refractivity contribution >= 4 is 11.9 Å². The molecule has 110 valence electrons. The third-order valence-electron chi connectivity index (χ3n) is 3.28. The highest BCUT2D eigenvalue weighted by Gasteiger charge is 2.24. The molecule has 1 heterocycles. The first kappa shape index (κ1) is 15.9. The predicted molar refractivity (Wildman–Crippen MR) is 72.5 cm³/mol.